The molecule has 4 rings (SSSR count). The second-order valence-corrected chi connectivity index (χ2v) is 9.69. The highest BCUT2D eigenvalue weighted by Gasteiger charge is 2.27. The van der Waals surface area contributed by atoms with Gasteiger partial charge in [-0.15, -0.1) is 0 Å². The number of nitrogens with zero attached hydrogens (tertiary/aromatic N) is 2. The van der Waals surface area contributed by atoms with Gasteiger partial charge in [0.05, 0.1) is 31.6 Å². The number of carbonyl (C=O) groups is 1. The summed E-state index contributed by atoms with van der Waals surface area (Å²) in [5.74, 6) is -0.428. The fourth-order valence-corrected chi connectivity index (χ4v) is 6.94. The Balaban J connectivity index is 2.08. The van der Waals surface area contributed by atoms with Crippen LogP contribution in [0.1, 0.15) is 10.4 Å². The fourth-order valence-electron chi connectivity index (χ4n) is 3.44. The fraction of sp³-hybridized carbons (Fsp3) is 0.0400. The topological polar surface area (TPSA) is 51.5 Å². The minimum absolute atomic E-state index is 0.381. The lowest BCUT2D eigenvalue weighted by atomic mass is 10.3. The van der Waals surface area contributed by atoms with E-state index in [0.29, 0.717) is 11.3 Å². The van der Waals surface area contributed by atoms with E-state index in [-0.39, 0.29) is 0 Å². The smallest absolute Gasteiger partial charge is 0.339 e. The van der Waals surface area contributed by atoms with Crippen LogP contribution >= 0.6 is 7.05 Å². The highest BCUT2D eigenvalue weighted by molar-refractivity contribution is 7.87. The van der Waals surface area contributed by atoms with Gasteiger partial charge in [-0.25, -0.2) is 4.79 Å². The molecule has 5 heteroatoms. The predicted octanol–water partition coefficient (Wildman–Crippen LogP) is 4.68. The third kappa shape index (κ3) is 3.83. The van der Waals surface area contributed by atoms with Crippen molar-refractivity contribution in [3.8, 4) is 0 Å². The van der Waals surface area contributed by atoms with Gasteiger partial charge in [0, 0.05) is 22.1 Å². The van der Waals surface area contributed by atoms with Crippen molar-refractivity contribution >= 4 is 34.6 Å². The first-order valence-electron chi connectivity index (χ1n) is 9.56. The van der Waals surface area contributed by atoms with Crippen LogP contribution in [0.5, 0.6) is 0 Å². The van der Waals surface area contributed by atoms with Crippen molar-refractivity contribution in [2.75, 3.05) is 7.11 Å². The lowest BCUT2D eigenvalue weighted by Gasteiger charge is -2.26. The van der Waals surface area contributed by atoms with Gasteiger partial charge in [0.15, 0.2) is 0 Å². The van der Waals surface area contributed by atoms with Crippen molar-refractivity contribution in [1.29, 1.82) is 0 Å². The third-order valence-electron chi connectivity index (χ3n) is 4.80. The normalized spacial score (nSPS) is 11.0. The monoisotopic (exact) mass is 412 g/mol. The number of esters is 1. The Bertz CT molecular complexity index is 1090. The summed E-state index contributed by atoms with van der Waals surface area (Å²) in [6.07, 6.45) is 3.19. The van der Waals surface area contributed by atoms with Crippen LogP contribution in [0.3, 0.4) is 0 Å². The Labute approximate surface area is 176 Å². The number of carbonyl (C=O) groups excluding carboxylic acids is 1. The Morgan fingerprint density at radius 2 is 1.23 bits per heavy atom. The van der Waals surface area contributed by atoms with Gasteiger partial charge >= 0.3 is 5.97 Å². The number of methoxy groups -OCH3 is 1. The molecule has 1 heterocycles. The molecule has 0 unspecified atom stereocenters. The van der Waals surface area contributed by atoms with E-state index in [4.69, 9.17) is 9.48 Å². The first-order chi connectivity index (χ1) is 14.7. The van der Waals surface area contributed by atoms with Gasteiger partial charge < -0.3 is 4.74 Å². The first-order valence-corrected chi connectivity index (χ1v) is 11.3. The number of ether oxygens (including phenoxy) is 1. The third-order valence-corrected chi connectivity index (χ3v) is 8.47. The van der Waals surface area contributed by atoms with Crippen LogP contribution in [-0.4, -0.2) is 18.1 Å². The molecule has 0 saturated carbocycles. The zero-order chi connectivity index (χ0) is 20.8. The molecule has 0 amide bonds. The molecule has 148 valence electrons. The van der Waals surface area contributed by atoms with Gasteiger partial charge in [-0.3, -0.25) is 9.73 Å². The summed E-state index contributed by atoms with van der Waals surface area (Å²) in [5, 5.41) is 3.39. The molecule has 4 aromatic rings. The standard InChI is InChI=1S/C25H21N2O2P/c1-29-25(28)20-17-21(19-26-18-20)27-30(22-11-5-2-6-12-22,23-13-7-3-8-14-23)24-15-9-4-10-16-24/h2-19H,1H3. The van der Waals surface area contributed by atoms with Crippen molar-refractivity contribution in [2.24, 2.45) is 4.74 Å². The Morgan fingerprint density at radius 1 is 0.767 bits per heavy atom. The molecule has 0 spiro atoms. The number of rotatable bonds is 5. The van der Waals surface area contributed by atoms with E-state index in [2.05, 4.69) is 41.4 Å². The molecule has 3 aromatic carbocycles. The van der Waals surface area contributed by atoms with Crippen molar-refractivity contribution in [3.05, 3.63) is 115 Å². The van der Waals surface area contributed by atoms with Crippen LogP contribution in [0.4, 0.5) is 5.69 Å². The maximum absolute atomic E-state index is 12.0. The SMILES string of the molecule is COC(=O)c1cncc(N=P(c2ccccc2)(c2ccccc2)c2ccccc2)c1. The largest absolute Gasteiger partial charge is 0.465 e. The minimum Gasteiger partial charge on any atom is -0.465 e. The number of aromatic nitrogens is 1. The molecule has 0 aliphatic carbocycles. The number of hydrogen-bond acceptors (Lipinski definition) is 4. The van der Waals surface area contributed by atoms with Crippen LogP contribution in [0.15, 0.2) is 114 Å². The molecular weight excluding hydrogens is 391 g/mol. The lowest BCUT2D eigenvalue weighted by molar-refractivity contribution is 0.0600. The van der Waals surface area contributed by atoms with E-state index in [0.717, 1.165) is 15.9 Å². The Kier molecular flexibility index (Phi) is 5.87. The number of hydrogen-bond donors (Lipinski definition) is 0. The molecule has 0 radical (unpaired) electrons. The Hall–Kier alpha value is -3.49. The molecule has 0 fully saturated rings. The molecule has 0 aliphatic rings. The van der Waals surface area contributed by atoms with Crippen molar-refractivity contribution in [1.82, 2.24) is 4.98 Å². The second kappa shape index (κ2) is 8.89. The summed E-state index contributed by atoms with van der Waals surface area (Å²) in [4.78, 5) is 16.3. The van der Waals surface area contributed by atoms with Gasteiger partial charge in [-0.1, -0.05) is 91.0 Å². The molecule has 0 saturated heterocycles. The van der Waals surface area contributed by atoms with Crippen LogP contribution in [0, 0.1) is 0 Å². The average Bonchev–Trinajstić information content (AvgIpc) is 2.84. The van der Waals surface area contributed by atoms with Crippen LogP contribution in [-0.2, 0) is 4.74 Å². The highest BCUT2D eigenvalue weighted by atomic mass is 31.2. The summed E-state index contributed by atoms with van der Waals surface area (Å²) < 4.78 is 10.2. The zero-order valence-corrected chi connectivity index (χ0v) is 17.4. The van der Waals surface area contributed by atoms with Gasteiger partial charge in [-0.05, 0) is 6.07 Å². The minimum atomic E-state index is -2.40. The molecule has 0 N–H and O–H groups in total. The molecule has 4 nitrogen and oxygen atoms in total. The van der Waals surface area contributed by atoms with Gasteiger partial charge in [-0.2, -0.15) is 0 Å². The van der Waals surface area contributed by atoms with Crippen LogP contribution in [0.2, 0.25) is 0 Å². The van der Waals surface area contributed by atoms with E-state index in [1.54, 1.807) is 12.3 Å². The summed E-state index contributed by atoms with van der Waals surface area (Å²) in [7, 11) is -1.04. The van der Waals surface area contributed by atoms with Crippen LogP contribution in [0.25, 0.3) is 0 Å². The number of benzene rings is 3. The Morgan fingerprint density at radius 3 is 1.67 bits per heavy atom. The van der Waals surface area contributed by atoms with Gasteiger partial charge in [0.25, 0.3) is 0 Å². The van der Waals surface area contributed by atoms with Gasteiger partial charge in [0.2, 0.25) is 0 Å². The molecule has 1 aromatic heterocycles. The molecule has 0 bridgehead atoms. The predicted molar refractivity (Wildman–Crippen MR) is 123 cm³/mol. The summed E-state index contributed by atoms with van der Waals surface area (Å²) >= 11 is 0. The average molecular weight is 412 g/mol. The highest BCUT2D eigenvalue weighted by Crippen LogP contribution is 2.49. The summed E-state index contributed by atoms with van der Waals surface area (Å²) in [6.45, 7) is 0. The summed E-state index contributed by atoms with van der Waals surface area (Å²) in [6, 6.07) is 32.7. The number of pyridine rings is 1. The molecule has 30 heavy (non-hydrogen) atoms. The summed E-state index contributed by atoms with van der Waals surface area (Å²) in [5.41, 5.74) is 1.02. The van der Waals surface area contributed by atoms with E-state index in [1.807, 2.05) is 54.6 Å². The van der Waals surface area contributed by atoms with E-state index >= 15 is 0 Å². The maximum atomic E-state index is 12.0. The quantitative estimate of drug-likeness (QED) is 0.353. The molecular formula is C25H21N2O2P. The van der Waals surface area contributed by atoms with Crippen molar-refractivity contribution in [2.45, 2.75) is 0 Å². The second-order valence-electron chi connectivity index (χ2n) is 6.67. The van der Waals surface area contributed by atoms with E-state index < -0.39 is 13.0 Å². The molecule has 0 aliphatic heterocycles. The van der Waals surface area contributed by atoms with Gasteiger partial charge in [0.1, 0.15) is 0 Å². The maximum Gasteiger partial charge on any atom is 0.339 e. The van der Waals surface area contributed by atoms with Crippen molar-refractivity contribution in [3.63, 3.8) is 0 Å². The van der Waals surface area contributed by atoms with Crippen molar-refractivity contribution < 1.29 is 9.53 Å². The molecule has 0 atom stereocenters. The first kappa shape index (κ1) is 19.8. The van der Waals surface area contributed by atoms with Crippen LogP contribution < -0.4 is 15.9 Å². The van der Waals surface area contributed by atoms with E-state index in [9.17, 15) is 4.79 Å². The lowest BCUT2D eigenvalue weighted by Crippen LogP contribution is -2.25. The van der Waals surface area contributed by atoms with E-state index in [1.165, 1.54) is 13.3 Å². The zero-order valence-electron chi connectivity index (χ0n) is 16.6.